The molecule has 0 unspecified atom stereocenters. The average molecular weight is 662 g/mol. The van der Waals surface area contributed by atoms with Gasteiger partial charge in [-0.3, -0.25) is 4.79 Å². The van der Waals surface area contributed by atoms with E-state index in [2.05, 4.69) is 44.5 Å². The molecule has 2 aliphatic rings. The molecule has 1 fully saturated rings. The molecule has 1 aromatic carbocycles. The molecule has 1 amide bonds. The molecule has 230 valence electrons. The van der Waals surface area contributed by atoms with Gasteiger partial charge in [-0.2, -0.15) is 0 Å². The van der Waals surface area contributed by atoms with Gasteiger partial charge >= 0.3 is 0 Å². The fourth-order valence-corrected chi connectivity index (χ4v) is 7.84. The highest BCUT2D eigenvalue weighted by atomic mass is 35.5. The summed E-state index contributed by atoms with van der Waals surface area (Å²) in [5.74, 6) is 0.387. The minimum atomic E-state index is -0.316. The Morgan fingerprint density at radius 2 is 1.91 bits per heavy atom. The van der Waals surface area contributed by atoms with Gasteiger partial charge in [-0.1, -0.05) is 59.2 Å². The molecule has 0 saturated carbocycles. The normalized spacial score (nSPS) is 17.2. The third kappa shape index (κ3) is 5.32. The summed E-state index contributed by atoms with van der Waals surface area (Å²) in [5.41, 5.74) is 11.9. The van der Waals surface area contributed by atoms with Crippen LogP contribution in [0.2, 0.25) is 10.2 Å². The van der Waals surface area contributed by atoms with Crippen molar-refractivity contribution < 1.29 is 9.90 Å². The number of hydrogen-bond donors (Lipinski definition) is 3. The van der Waals surface area contributed by atoms with Crippen LogP contribution in [-0.2, 0) is 13.0 Å². The zero-order chi connectivity index (χ0) is 31.3. The first kappa shape index (κ1) is 29.9. The van der Waals surface area contributed by atoms with Gasteiger partial charge < -0.3 is 25.5 Å². The van der Waals surface area contributed by atoms with Gasteiger partial charge in [0.1, 0.15) is 21.6 Å². The standard InChI is InChI=1S/C32H30Cl2N8O2S/c1-36-31(44)20-6-7-21(39-28(20)34)22-16-42-11-8-24(26(33)30(42)40-22)45-25-15-37-29(23(17-43)38-25)41-12-9-32(10-13-41)14-18-4-2-3-5-19(18)27(32)35/h2-8,11,15-16,27,43H,9-10,12-14,17,35H2,1H3,(H,36,44)/t27-/m1/s1. The lowest BCUT2D eigenvalue weighted by atomic mass is 9.73. The van der Waals surface area contributed by atoms with Gasteiger partial charge in [0.05, 0.1) is 29.1 Å². The number of nitrogens with zero attached hydrogens (tertiary/aromatic N) is 6. The zero-order valence-corrected chi connectivity index (χ0v) is 26.7. The van der Waals surface area contributed by atoms with Gasteiger partial charge in [0.15, 0.2) is 11.5 Å². The number of benzene rings is 1. The predicted molar refractivity (Wildman–Crippen MR) is 175 cm³/mol. The van der Waals surface area contributed by atoms with Crippen molar-refractivity contribution in [1.82, 2.24) is 29.7 Å². The minimum absolute atomic E-state index is 0.0369. The number of anilines is 1. The molecule has 4 N–H and O–H groups in total. The van der Waals surface area contributed by atoms with E-state index in [4.69, 9.17) is 38.9 Å². The lowest BCUT2D eigenvalue weighted by molar-refractivity contribution is 0.0963. The van der Waals surface area contributed by atoms with Crippen molar-refractivity contribution in [2.24, 2.45) is 11.1 Å². The average Bonchev–Trinajstić information content (AvgIpc) is 3.62. The first-order valence-corrected chi connectivity index (χ1v) is 16.2. The smallest absolute Gasteiger partial charge is 0.254 e. The van der Waals surface area contributed by atoms with Gasteiger partial charge in [-0.25, -0.2) is 19.9 Å². The SMILES string of the molecule is CNC(=O)c1ccc(-c2cn3ccc(Sc4cnc(N5CCC6(CC5)Cc5ccccc5[C@H]6N)c(CO)n4)c(Cl)c3n2)nc1Cl. The zero-order valence-electron chi connectivity index (χ0n) is 24.4. The van der Waals surface area contributed by atoms with E-state index in [1.54, 1.807) is 28.9 Å². The number of fused-ring (bicyclic) bond motifs is 2. The van der Waals surface area contributed by atoms with Crippen LogP contribution in [0.15, 0.2) is 71.0 Å². The van der Waals surface area contributed by atoms with Gasteiger partial charge in [-0.15, -0.1) is 0 Å². The van der Waals surface area contributed by atoms with Gasteiger partial charge in [-0.05, 0) is 54.0 Å². The Hall–Kier alpha value is -3.74. The second-order valence-corrected chi connectivity index (χ2v) is 13.2. The topological polar surface area (TPSA) is 135 Å². The Labute approximate surface area is 274 Å². The predicted octanol–water partition coefficient (Wildman–Crippen LogP) is 5.34. The Morgan fingerprint density at radius 1 is 1.11 bits per heavy atom. The van der Waals surface area contributed by atoms with Crippen molar-refractivity contribution in [3.05, 3.63) is 93.6 Å². The fourth-order valence-electron chi connectivity index (χ4n) is 6.49. The summed E-state index contributed by atoms with van der Waals surface area (Å²) < 4.78 is 1.80. The molecule has 1 aliphatic carbocycles. The third-order valence-corrected chi connectivity index (χ3v) is 10.7. The van der Waals surface area contributed by atoms with E-state index in [1.165, 1.54) is 29.9 Å². The van der Waals surface area contributed by atoms with Crippen molar-refractivity contribution >= 4 is 52.3 Å². The molecule has 0 bridgehead atoms. The number of aromatic nitrogens is 5. The number of carbonyl (C=O) groups is 1. The molecule has 1 atom stereocenters. The number of piperidine rings is 1. The Kier molecular flexibility index (Phi) is 7.91. The number of imidazole rings is 1. The maximum absolute atomic E-state index is 12.0. The number of halogens is 2. The van der Waals surface area contributed by atoms with Crippen LogP contribution in [0.5, 0.6) is 0 Å². The highest BCUT2D eigenvalue weighted by Crippen LogP contribution is 2.51. The molecular weight excluding hydrogens is 631 g/mol. The second-order valence-electron chi connectivity index (χ2n) is 11.4. The molecule has 0 radical (unpaired) electrons. The number of amides is 1. The van der Waals surface area contributed by atoms with Gasteiger partial charge in [0.25, 0.3) is 5.91 Å². The van der Waals surface area contributed by atoms with E-state index < -0.39 is 0 Å². The lowest BCUT2D eigenvalue weighted by Gasteiger charge is -2.42. The summed E-state index contributed by atoms with van der Waals surface area (Å²) >= 11 is 14.4. The molecule has 10 nitrogen and oxygen atoms in total. The van der Waals surface area contributed by atoms with Crippen LogP contribution in [0, 0.1) is 5.41 Å². The van der Waals surface area contributed by atoms with E-state index in [-0.39, 0.29) is 34.7 Å². The molecule has 5 aromatic rings. The second kappa shape index (κ2) is 11.9. The van der Waals surface area contributed by atoms with Crippen molar-refractivity contribution in [2.75, 3.05) is 25.0 Å². The highest BCUT2D eigenvalue weighted by Gasteiger charge is 2.46. The number of rotatable bonds is 6. The summed E-state index contributed by atoms with van der Waals surface area (Å²) in [6.07, 6.45) is 8.28. The number of nitrogens with one attached hydrogen (secondary N) is 1. The molecule has 1 saturated heterocycles. The highest BCUT2D eigenvalue weighted by molar-refractivity contribution is 7.99. The molecule has 1 aliphatic heterocycles. The Morgan fingerprint density at radius 3 is 2.64 bits per heavy atom. The first-order chi connectivity index (χ1) is 21.8. The molecule has 7 rings (SSSR count). The van der Waals surface area contributed by atoms with E-state index in [1.807, 2.05) is 12.3 Å². The van der Waals surface area contributed by atoms with Crippen LogP contribution in [-0.4, -0.2) is 55.5 Å². The quantitative estimate of drug-likeness (QED) is 0.206. The van der Waals surface area contributed by atoms with Crippen LogP contribution in [0.1, 0.15) is 46.1 Å². The third-order valence-electron chi connectivity index (χ3n) is 8.93. The summed E-state index contributed by atoms with van der Waals surface area (Å²) in [4.78, 5) is 33.5. The number of aliphatic hydroxyl groups is 1. The van der Waals surface area contributed by atoms with Crippen molar-refractivity contribution in [3.63, 3.8) is 0 Å². The molecule has 1 spiro atoms. The number of hydrogen-bond acceptors (Lipinski definition) is 9. The lowest BCUT2D eigenvalue weighted by Crippen LogP contribution is -2.45. The molecule has 4 aromatic heterocycles. The van der Waals surface area contributed by atoms with E-state index in [9.17, 15) is 9.90 Å². The molecule has 13 heteroatoms. The monoisotopic (exact) mass is 660 g/mol. The van der Waals surface area contributed by atoms with Gasteiger partial charge in [0.2, 0.25) is 0 Å². The van der Waals surface area contributed by atoms with Crippen LogP contribution in [0.25, 0.3) is 17.0 Å². The molecular formula is C32H30Cl2N8O2S. The fraction of sp³-hybridized carbons (Fsp3) is 0.281. The molecule has 45 heavy (non-hydrogen) atoms. The largest absolute Gasteiger partial charge is 0.390 e. The number of aliphatic hydroxyl groups excluding tert-OH is 1. The summed E-state index contributed by atoms with van der Waals surface area (Å²) in [7, 11) is 1.53. The van der Waals surface area contributed by atoms with Crippen molar-refractivity contribution in [2.45, 2.75) is 41.8 Å². The molecule has 5 heterocycles. The van der Waals surface area contributed by atoms with E-state index >= 15 is 0 Å². The van der Waals surface area contributed by atoms with Crippen molar-refractivity contribution in [1.29, 1.82) is 0 Å². The summed E-state index contributed by atoms with van der Waals surface area (Å²) in [5, 5.41) is 13.9. The Bertz CT molecular complexity index is 1940. The maximum Gasteiger partial charge on any atom is 0.254 e. The minimum Gasteiger partial charge on any atom is -0.390 e. The van der Waals surface area contributed by atoms with Crippen LogP contribution in [0.4, 0.5) is 5.82 Å². The summed E-state index contributed by atoms with van der Waals surface area (Å²) in [6.45, 7) is 1.37. The Balaban J connectivity index is 1.08. The first-order valence-electron chi connectivity index (χ1n) is 14.6. The van der Waals surface area contributed by atoms with Crippen LogP contribution < -0.4 is 16.0 Å². The maximum atomic E-state index is 12.0. The number of carbonyl (C=O) groups excluding carboxylic acids is 1. The number of pyridine rings is 2. The van der Waals surface area contributed by atoms with E-state index in [0.717, 1.165) is 37.2 Å². The van der Waals surface area contributed by atoms with Gasteiger partial charge in [0, 0.05) is 43.5 Å². The summed E-state index contributed by atoms with van der Waals surface area (Å²) in [6, 6.07) is 13.7. The van der Waals surface area contributed by atoms with Crippen LogP contribution in [0.3, 0.4) is 0 Å². The van der Waals surface area contributed by atoms with Crippen LogP contribution >= 0.6 is 35.0 Å². The van der Waals surface area contributed by atoms with Crippen molar-refractivity contribution in [3.8, 4) is 11.4 Å². The number of nitrogens with two attached hydrogens (primary N) is 1. The van der Waals surface area contributed by atoms with E-state index in [0.29, 0.717) is 38.6 Å².